The van der Waals surface area contributed by atoms with Crippen molar-refractivity contribution in [3.05, 3.63) is 51.1 Å². The number of H-pyrrole nitrogens is 1. The van der Waals surface area contributed by atoms with Gasteiger partial charge in [0.15, 0.2) is 11.5 Å². The van der Waals surface area contributed by atoms with Crippen molar-refractivity contribution in [2.24, 2.45) is 0 Å². The number of phenolic OH excluding ortho intramolecular Hbond substituents is 1. The average molecular weight is 449 g/mol. The summed E-state index contributed by atoms with van der Waals surface area (Å²) in [5.41, 5.74) is 2.08. The van der Waals surface area contributed by atoms with E-state index in [0.717, 1.165) is 0 Å². The van der Waals surface area contributed by atoms with E-state index in [2.05, 4.69) is 16.0 Å². The van der Waals surface area contributed by atoms with Crippen LogP contribution in [0.5, 0.6) is 11.5 Å². The van der Waals surface area contributed by atoms with Crippen molar-refractivity contribution in [3.63, 3.8) is 0 Å². The van der Waals surface area contributed by atoms with E-state index in [0.29, 0.717) is 43.9 Å². The lowest BCUT2D eigenvalue weighted by atomic mass is 10.1. The summed E-state index contributed by atoms with van der Waals surface area (Å²) in [6.07, 6.45) is 1.64. The Morgan fingerprint density at radius 2 is 2.24 bits per heavy atom. The van der Waals surface area contributed by atoms with Crippen molar-refractivity contribution in [1.82, 2.24) is 9.97 Å². The van der Waals surface area contributed by atoms with Gasteiger partial charge in [-0.15, -0.1) is 0 Å². The molecule has 25 heavy (non-hydrogen) atoms. The van der Waals surface area contributed by atoms with Gasteiger partial charge in [-0.25, -0.2) is 9.37 Å². The first kappa shape index (κ1) is 17.2. The third kappa shape index (κ3) is 3.58. The van der Waals surface area contributed by atoms with E-state index in [4.69, 9.17) is 4.74 Å². The van der Waals surface area contributed by atoms with Crippen molar-refractivity contribution in [3.8, 4) is 17.6 Å². The number of aromatic amines is 1. The van der Waals surface area contributed by atoms with Crippen LogP contribution in [0.1, 0.15) is 18.3 Å². The number of benzene rings is 2. The van der Waals surface area contributed by atoms with Crippen LogP contribution >= 0.6 is 22.6 Å². The third-order valence-electron chi connectivity index (χ3n) is 3.48. The predicted molar refractivity (Wildman–Crippen MR) is 102 cm³/mol. The van der Waals surface area contributed by atoms with Gasteiger partial charge in [0.05, 0.1) is 26.8 Å². The molecule has 5 nitrogen and oxygen atoms in total. The summed E-state index contributed by atoms with van der Waals surface area (Å²) in [5.74, 6) is 0.394. The van der Waals surface area contributed by atoms with Gasteiger partial charge in [-0.3, -0.25) is 0 Å². The number of imidazole rings is 1. The number of aromatic nitrogens is 2. The first-order chi connectivity index (χ1) is 12.0. The van der Waals surface area contributed by atoms with E-state index in [9.17, 15) is 14.8 Å². The summed E-state index contributed by atoms with van der Waals surface area (Å²) in [7, 11) is 0. The zero-order chi connectivity index (χ0) is 18.0. The number of hydrogen-bond donors (Lipinski definition) is 2. The lowest BCUT2D eigenvalue weighted by Crippen LogP contribution is -1.94. The molecule has 0 aliphatic carbocycles. The van der Waals surface area contributed by atoms with Crippen LogP contribution in [-0.2, 0) is 0 Å². The Morgan fingerprint density at radius 1 is 1.44 bits per heavy atom. The molecule has 1 heterocycles. The molecule has 0 spiro atoms. The second kappa shape index (κ2) is 7.11. The topological polar surface area (TPSA) is 81.9 Å². The third-order valence-corrected chi connectivity index (χ3v) is 4.30. The van der Waals surface area contributed by atoms with Crippen molar-refractivity contribution in [2.45, 2.75) is 6.92 Å². The first-order valence-electron chi connectivity index (χ1n) is 7.44. The maximum Gasteiger partial charge on any atom is 0.171 e. The Morgan fingerprint density at radius 3 is 2.96 bits per heavy atom. The smallest absolute Gasteiger partial charge is 0.171 e. The second-order valence-electron chi connectivity index (χ2n) is 5.20. The van der Waals surface area contributed by atoms with Gasteiger partial charge < -0.3 is 14.8 Å². The minimum absolute atomic E-state index is 0.0670. The number of allylic oxidation sites excluding steroid dienone is 1. The number of fused-ring (bicyclic) bond motifs is 1. The first-order valence-corrected chi connectivity index (χ1v) is 8.52. The number of ether oxygens (including phenoxy) is 1. The van der Waals surface area contributed by atoms with Crippen LogP contribution in [0.3, 0.4) is 0 Å². The normalized spacial score (nSPS) is 11.5. The van der Waals surface area contributed by atoms with Crippen LogP contribution in [0.4, 0.5) is 4.39 Å². The molecule has 0 saturated carbocycles. The SMILES string of the molecule is CCOc1cc(/C=C(/C#N)c2nc3ccc(F)cc3[nH]2)cc(I)c1O. The van der Waals surface area contributed by atoms with Gasteiger partial charge in [-0.1, -0.05) is 0 Å². The summed E-state index contributed by atoms with van der Waals surface area (Å²) >= 11 is 2.00. The Bertz CT molecular complexity index is 1020. The fraction of sp³-hybridized carbons (Fsp3) is 0.111. The molecule has 0 bridgehead atoms. The van der Waals surface area contributed by atoms with E-state index >= 15 is 0 Å². The van der Waals surface area contributed by atoms with Gasteiger partial charge in [0.1, 0.15) is 17.7 Å². The molecule has 3 rings (SSSR count). The molecule has 126 valence electrons. The van der Waals surface area contributed by atoms with Gasteiger partial charge in [-0.05, 0) is 71.5 Å². The molecule has 0 saturated heterocycles. The maximum absolute atomic E-state index is 13.3. The molecule has 0 amide bonds. The average Bonchev–Trinajstić information content (AvgIpc) is 3.00. The number of halogens is 2. The van der Waals surface area contributed by atoms with Crippen molar-refractivity contribution in [1.29, 1.82) is 5.26 Å². The monoisotopic (exact) mass is 449 g/mol. The number of phenols is 1. The summed E-state index contributed by atoms with van der Waals surface area (Å²) in [5, 5.41) is 19.5. The van der Waals surface area contributed by atoms with Gasteiger partial charge in [0.25, 0.3) is 0 Å². The molecule has 7 heteroatoms. The Labute approximate surface area is 156 Å². The van der Waals surface area contributed by atoms with E-state index in [1.165, 1.54) is 12.1 Å². The van der Waals surface area contributed by atoms with E-state index in [1.807, 2.05) is 29.5 Å². The standard InChI is InChI=1S/C18H13FIN3O2/c1-2-25-16-7-10(6-13(20)17(16)24)5-11(9-21)18-22-14-4-3-12(19)8-15(14)23-18/h3-8,24H,2H2,1H3,(H,22,23)/b11-5-. The molecule has 3 aromatic rings. The van der Waals surface area contributed by atoms with Crippen molar-refractivity contribution < 1.29 is 14.2 Å². The molecular weight excluding hydrogens is 436 g/mol. The van der Waals surface area contributed by atoms with Gasteiger partial charge in [-0.2, -0.15) is 5.26 Å². The van der Waals surface area contributed by atoms with Crippen LogP contribution in [-0.4, -0.2) is 21.7 Å². The lowest BCUT2D eigenvalue weighted by molar-refractivity contribution is 0.317. The van der Waals surface area contributed by atoms with E-state index in [1.54, 1.807) is 24.3 Å². The van der Waals surface area contributed by atoms with E-state index in [-0.39, 0.29) is 11.6 Å². The molecule has 0 aliphatic heterocycles. The summed E-state index contributed by atoms with van der Waals surface area (Å²) < 4.78 is 19.3. The number of nitrogens with zero attached hydrogens (tertiary/aromatic N) is 2. The summed E-state index contributed by atoms with van der Waals surface area (Å²) in [4.78, 5) is 7.27. The van der Waals surface area contributed by atoms with Crippen molar-refractivity contribution >= 4 is 45.3 Å². The highest BCUT2D eigenvalue weighted by atomic mass is 127. The molecule has 0 aliphatic rings. The summed E-state index contributed by atoms with van der Waals surface area (Å²) in [6.45, 7) is 2.24. The largest absolute Gasteiger partial charge is 0.504 e. The van der Waals surface area contributed by atoms with Crippen LogP contribution in [0.25, 0.3) is 22.7 Å². The number of nitrogens with one attached hydrogen (secondary N) is 1. The second-order valence-corrected chi connectivity index (χ2v) is 6.36. The zero-order valence-electron chi connectivity index (χ0n) is 13.2. The molecule has 0 unspecified atom stereocenters. The van der Waals surface area contributed by atoms with E-state index < -0.39 is 0 Å². The van der Waals surface area contributed by atoms with Crippen molar-refractivity contribution in [2.75, 3.05) is 6.61 Å². The van der Waals surface area contributed by atoms with Crippen LogP contribution in [0.15, 0.2) is 30.3 Å². The zero-order valence-corrected chi connectivity index (χ0v) is 15.3. The maximum atomic E-state index is 13.3. The van der Waals surface area contributed by atoms with Gasteiger partial charge in [0, 0.05) is 0 Å². The Kier molecular flexibility index (Phi) is 4.90. The quantitative estimate of drug-likeness (QED) is 0.455. The van der Waals surface area contributed by atoms with Crippen LogP contribution in [0.2, 0.25) is 0 Å². The fourth-order valence-electron chi connectivity index (χ4n) is 2.37. The molecular formula is C18H13FIN3O2. The Hall–Kier alpha value is -2.60. The van der Waals surface area contributed by atoms with Crippen LogP contribution in [0, 0.1) is 20.7 Å². The number of aromatic hydroxyl groups is 1. The molecule has 0 fully saturated rings. The highest BCUT2D eigenvalue weighted by molar-refractivity contribution is 14.1. The highest BCUT2D eigenvalue weighted by Crippen LogP contribution is 2.34. The molecule has 2 aromatic carbocycles. The lowest BCUT2D eigenvalue weighted by Gasteiger charge is -2.08. The van der Waals surface area contributed by atoms with Gasteiger partial charge in [0.2, 0.25) is 0 Å². The van der Waals surface area contributed by atoms with Gasteiger partial charge >= 0.3 is 0 Å². The summed E-state index contributed by atoms with van der Waals surface area (Å²) in [6, 6.07) is 9.69. The number of nitriles is 1. The molecule has 0 radical (unpaired) electrons. The number of hydrogen-bond acceptors (Lipinski definition) is 4. The minimum atomic E-state index is -0.375. The minimum Gasteiger partial charge on any atom is -0.504 e. The molecule has 0 atom stereocenters. The molecule has 1 aromatic heterocycles. The predicted octanol–water partition coefficient (Wildman–Crippen LogP) is 4.48. The highest BCUT2D eigenvalue weighted by Gasteiger charge is 2.12. The molecule has 2 N–H and O–H groups in total. The fourth-order valence-corrected chi connectivity index (χ4v) is 3.00. The number of rotatable bonds is 4. The van der Waals surface area contributed by atoms with Crippen LogP contribution < -0.4 is 4.74 Å². The Balaban J connectivity index is 2.06.